The molecule has 0 heterocycles. The smallest absolute Gasteiger partial charge is 0.0452 e. The lowest BCUT2D eigenvalue weighted by Gasteiger charge is -2.24. The first-order valence-corrected chi connectivity index (χ1v) is 17.7. The molecule has 230 valence electrons. The van der Waals surface area contributed by atoms with Gasteiger partial charge in [-0.05, 0) is 101 Å². The van der Waals surface area contributed by atoms with Gasteiger partial charge in [0.05, 0.1) is 0 Å². The molecule has 1 nitrogen and oxygen atoms in total. The Bertz CT molecular complexity index is 2480. The van der Waals surface area contributed by atoms with Gasteiger partial charge < -0.3 is 5.73 Å². The summed E-state index contributed by atoms with van der Waals surface area (Å²) < 4.78 is 0. The molecule has 0 bridgehead atoms. The molecule has 1 aliphatic carbocycles. The number of hydrogen-bond donors (Lipinski definition) is 1. The summed E-state index contributed by atoms with van der Waals surface area (Å²) in [5.74, 6) is 0.876. The van der Waals surface area contributed by atoms with E-state index >= 15 is 0 Å². The molecule has 0 atom stereocenters. The summed E-state index contributed by atoms with van der Waals surface area (Å²) in [5, 5.41) is 7.74. The largest absolute Gasteiger partial charge is 0.398 e. The first-order valence-electron chi connectivity index (χ1n) is 16.7. The SMILES string of the molecule is CC1(C)c2ccccc2-c2c1cc(-c1c3ccccc3c(-c3ccc(CSc4ccccc4N)cc3)c3ccccc13)c1ccccc21. The predicted octanol–water partition coefficient (Wildman–Crippen LogP) is 12.7. The molecule has 0 aromatic heterocycles. The van der Waals surface area contributed by atoms with Gasteiger partial charge in [0.1, 0.15) is 0 Å². The van der Waals surface area contributed by atoms with E-state index in [1.54, 1.807) is 11.8 Å². The van der Waals surface area contributed by atoms with Gasteiger partial charge in [0.25, 0.3) is 0 Å². The number of hydrogen-bond acceptors (Lipinski definition) is 2. The van der Waals surface area contributed by atoms with Crippen molar-refractivity contribution in [1.82, 2.24) is 0 Å². The molecule has 0 amide bonds. The van der Waals surface area contributed by atoms with Crippen molar-refractivity contribution in [2.24, 2.45) is 0 Å². The zero-order valence-corrected chi connectivity index (χ0v) is 27.9. The van der Waals surface area contributed by atoms with Crippen LogP contribution in [0.25, 0.3) is 65.7 Å². The van der Waals surface area contributed by atoms with Crippen LogP contribution in [-0.4, -0.2) is 0 Å². The van der Waals surface area contributed by atoms with Crippen molar-refractivity contribution in [2.45, 2.75) is 29.9 Å². The van der Waals surface area contributed by atoms with E-state index in [0.717, 1.165) is 16.3 Å². The van der Waals surface area contributed by atoms with Crippen molar-refractivity contribution in [2.75, 3.05) is 5.73 Å². The fraction of sp³-hybridized carbons (Fsp3) is 0.0870. The van der Waals surface area contributed by atoms with E-state index in [1.165, 1.54) is 82.4 Å². The van der Waals surface area contributed by atoms with Crippen LogP contribution >= 0.6 is 11.8 Å². The molecule has 1 aliphatic rings. The Hall–Kier alpha value is -5.31. The molecule has 0 fully saturated rings. The topological polar surface area (TPSA) is 26.0 Å². The highest BCUT2D eigenvalue weighted by molar-refractivity contribution is 7.98. The number of nitrogen functional groups attached to an aromatic ring is 1. The number of nitrogens with two attached hydrogens (primary N) is 1. The zero-order valence-electron chi connectivity index (χ0n) is 27.1. The van der Waals surface area contributed by atoms with Crippen molar-refractivity contribution in [3.05, 3.63) is 168 Å². The zero-order chi connectivity index (χ0) is 32.4. The minimum atomic E-state index is -0.0947. The molecule has 0 saturated carbocycles. The molecular formula is C46H35NS. The Kier molecular flexibility index (Phi) is 6.71. The molecule has 0 saturated heterocycles. The van der Waals surface area contributed by atoms with Gasteiger partial charge in [-0.1, -0.05) is 147 Å². The monoisotopic (exact) mass is 633 g/mol. The van der Waals surface area contributed by atoms with Gasteiger partial charge >= 0.3 is 0 Å². The number of fused-ring (bicyclic) bond motifs is 7. The fourth-order valence-corrected chi connectivity index (χ4v) is 8.95. The maximum absolute atomic E-state index is 6.21. The van der Waals surface area contributed by atoms with Gasteiger partial charge in [0.15, 0.2) is 0 Å². The fourth-order valence-electron chi connectivity index (χ4n) is 8.03. The summed E-state index contributed by atoms with van der Waals surface area (Å²) in [4.78, 5) is 1.13. The van der Waals surface area contributed by atoms with E-state index in [9.17, 15) is 0 Å². The van der Waals surface area contributed by atoms with Gasteiger partial charge in [0.2, 0.25) is 0 Å². The normalized spacial score (nSPS) is 13.2. The maximum Gasteiger partial charge on any atom is 0.0452 e. The third-order valence-corrected chi connectivity index (χ3v) is 11.5. The van der Waals surface area contributed by atoms with E-state index in [1.807, 2.05) is 18.2 Å². The Balaban J connectivity index is 1.26. The first kappa shape index (κ1) is 28.9. The highest BCUT2D eigenvalue weighted by Gasteiger charge is 2.37. The Morgan fingerprint density at radius 3 is 1.65 bits per heavy atom. The quantitative estimate of drug-likeness (QED) is 0.116. The van der Waals surface area contributed by atoms with Gasteiger partial charge in [0, 0.05) is 21.8 Å². The van der Waals surface area contributed by atoms with Crippen LogP contribution in [0.4, 0.5) is 5.69 Å². The van der Waals surface area contributed by atoms with Gasteiger partial charge in [-0.25, -0.2) is 0 Å². The van der Waals surface area contributed by atoms with Crippen molar-refractivity contribution in [3.8, 4) is 33.4 Å². The maximum atomic E-state index is 6.21. The van der Waals surface area contributed by atoms with Gasteiger partial charge in [-0.3, -0.25) is 0 Å². The molecule has 48 heavy (non-hydrogen) atoms. The van der Waals surface area contributed by atoms with Crippen molar-refractivity contribution >= 4 is 49.8 Å². The van der Waals surface area contributed by atoms with Crippen molar-refractivity contribution in [3.63, 3.8) is 0 Å². The molecule has 8 aromatic carbocycles. The number of anilines is 1. The standard InChI is InChI=1S/C46H35NS/c1-46(2)39-20-10-9-19-37(39)45-32-14-4-3-13-31(32)38(27-40(45)46)44-35-17-7-5-15-33(35)43(34-16-6-8-18-36(34)44)30-25-23-29(24-26-30)28-48-42-22-12-11-21-41(42)47/h3-27H,28,47H2,1-2H3. The van der Waals surface area contributed by atoms with E-state index in [-0.39, 0.29) is 5.41 Å². The van der Waals surface area contributed by atoms with Gasteiger partial charge in [-0.2, -0.15) is 0 Å². The molecule has 0 aliphatic heterocycles. The lowest BCUT2D eigenvalue weighted by atomic mass is 9.79. The summed E-state index contributed by atoms with van der Waals surface area (Å²) in [6.45, 7) is 4.76. The minimum absolute atomic E-state index is 0.0947. The highest BCUT2D eigenvalue weighted by atomic mass is 32.2. The minimum Gasteiger partial charge on any atom is -0.398 e. The number of benzene rings is 8. The molecule has 2 heteroatoms. The molecule has 0 spiro atoms. The summed E-state index contributed by atoms with van der Waals surface area (Å²) in [6, 6.07) is 55.7. The second kappa shape index (κ2) is 11.1. The average molecular weight is 634 g/mol. The predicted molar refractivity (Wildman–Crippen MR) is 208 cm³/mol. The highest BCUT2D eigenvalue weighted by Crippen LogP contribution is 2.54. The second-order valence-corrected chi connectivity index (χ2v) is 14.4. The molecule has 8 aromatic rings. The molecule has 0 unspecified atom stereocenters. The van der Waals surface area contributed by atoms with Crippen LogP contribution in [0.5, 0.6) is 0 Å². The van der Waals surface area contributed by atoms with Crippen LogP contribution in [0.2, 0.25) is 0 Å². The van der Waals surface area contributed by atoms with Gasteiger partial charge in [-0.15, -0.1) is 11.8 Å². The number of para-hydroxylation sites is 1. The second-order valence-electron chi connectivity index (χ2n) is 13.4. The first-order chi connectivity index (χ1) is 23.5. The van der Waals surface area contributed by atoms with Crippen molar-refractivity contribution in [1.29, 1.82) is 0 Å². The van der Waals surface area contributed by atoms with Crippen LogP contribution in [0.15, 0.2) is 157 Å². The Labute approximate surface area is 286 Å². The summed E-state index contributed by atoms with van der Waals surface area (Å²) >= 11 is 1.79. The summed E-state index contributed by atoms with van der Waals surface area (Å²) in [6.07, 6.45) is 0. The number of thioether (sulfide) groups is 1. The third kappa shape index (κ3) is 4.40. The van der Waals surface area contributed by atoms with Crippen LogP contribution in [0.1, 0.15) is 30.5 Å². The van der Waals surface area contributed by atoms with Crippen molar-refractivity contribution < 1.29 is 0 Å². The Morgan fingerprint density at radius 1 is 0.479 bits per heavy atom. The van der Waals surface area contributed by atoms with E-state index in [4.69, 9.17) is 5.73 Å². The molecular weight excluding hydrogens is 599 g/mol. The molecule has 9 rings (SSSR count). The summed E-state index contributed by atoms with van der Waals surface area (Å²) in [5.41, 5.74) is 18.9. The van der Waals surface area contributed by atoms with Crippen LogP contribution in [0, 0.1) is 0 Å². The third-order valence-electron chi connectivity index (χ3n) is 10.3. The van der Waals surface area contributed by atoms with E-state index in [2.05, 4.69) is 147 Å². The number of rotatable bonds is 5. The van der Waals surface area contributed by atoms with Crippen LogP contribution in [-0.2, 0) is 11.2 Å². The molecule has 2 N–H and O–H groups in total. The Morgan fingerprint density at radius 2 is 1.00 bits per heavy atom. The van der Waals surface area contributed by atoms with E-state index < -0.39 is 0 Å². The lowest BCUT2D eigenvalue weighted by Crippen LogP contribution is -2.15. The van der Waals surface area contributed by atoms with E-state index in [0.29, 0.717) is 0 Å². The van der Waals surface area contributed by atoms with Crippen LogP contribution in [0.3, 0.4) is 0 Å². The summed E-state index contributed by atoms with van der Waals surface area (Å²) in [7, 11) is 0. The molecule has 0 radical (unpaired) electrons. The lowest BCUT2D eigenvalue weighted by molar-refractivity contribution is 0.661. The van der Waals surface area contributed by atoms with Crippen LogP contribution < -0.4 is 5.73 Å². The average Bonchev–Trinajstić information content (AvgIpc) is 3.36.